The Bertz CT molecular complexity index is 411. The molecule has 0 aliphatic rings. The Kier molecular flexibility index (Phi) is 8.63. The van der Waals surface area contributed by atoms with Gasteiger partial charge in [-0.15, -0.1) is 5.54 Å². The second-order valence-electron chi connectivity index (χ2n) is 3.68. The van der Waals surface area contributed by atoms with E-state index in [1.54, 1.807) is 0 Å². The van der Waals surface area contributed by atoms with Gasteiger partial charge < -0.3 is 10.2 Å². The number of hydrogen-bond acceptors (Lipinski definition) is 2. The van der Waals surface area contributed by atoms with Crippen LogP contribution in [-0.2, 0) is 4.79 Å². The summed E-state index contributed by atoms with van der Waals surface area (Å²) in [6.45, 7) is 5.29. The summed E-state index contributed by atoms with van der Waals surface area (Å²) in [7, 11) is -0.762. The number of aryl methyl sites for hydroxylation is 1. The first-order valence-electron chi connectivity index (χ1n) is 5.73. The predicted molar refractivity (Wildman–Crippen MR) is 75.2 cm³/mol. The van der Waals surface area contributed by atoms with Crippen LogP contribution in [0.3, 0.4) is 0 Å². The molecule has 0 spiro atoms. The van der Waals surface area contributed by atoms with Crippen LogP contribution in [0.4, 0.5) is 0 Å². The maximum Gasteiger partial charge on any atom is 0.300 e. The number of aliphatic hydroxyl groups excluding tert-OH is 1. The van der Waals surface area contributed by atoms with Crippen LogP contribution in [0.25, 0.3) is 0 Å². The van der Waals surface area contributed by atoms with Gasteiger partial charge in [-0.05, 0) is 18.2 Å². The van der Waals surface area contributed by atoms with Crippen molar-refractivity contribution < 1.29 is 15.0 Å². The van der Waals surface area contributed by atoms with E-state index >= 15 is 0 Å². The molecule has 1 rings (SSSR count). The van der Waals surface area contributed by atoms with E-state index in [1.807, 2.05) is 0 Å². The smallest absolute Gasteiger partial charge is 0.300 e. The molecule has 3 nitrogen and oxygen atoms in total. The highest BCUT2D eigenvalue weighted by atomic mass is 28.3. The number of benzene rings is 1. The average molecular weight is 263 g/mol. The minimum atomic E-state index is -0.833. The number of carboxylic acid groups (broad SMARTS) is 1. The highest BCUT2D eigenvalue weighted by Crippen LogP contribution is 1.97. The SMILES string of the molecule is CC(=O)O.CC[Si](C#CCO)c1ccc(C)cc1. The molecule has 0 fully saturated rings. The van der Waals surface area contributed by atoms with Crippen LogP contribution in [0.15, 0.2) is 24.3 Å². The zero-order valence-electron chi connectivity index (χ0n) is 11.0. The molecule has 0 amide bonds. The summed E-state index contributed by atoms with van der Waals surface area (Å²) in [6.07, 6.45) is 0. The van der Waals surface area contributed by atoms with Crippen molar-refractivity contribution >= 4 is 20.0 Å². The summed E-state index contributed by atoms with van der Waals surface area (Å²) in [5.41, 5.74) is 4.44. The van der Waals surface area contributed by atoms with E-state index in [0.717, 1.165) is 13.0 Å². The lowest BCUT2D eigenvalue weighted by atomic mass is 10.2. The van der Waals surface area contributed by atoms with Crippen LogP contribution in [0.2, 0.25) is 6.04 Å². The second kappa shape index (κ2) is 9.46. The quantitative estimate of drug-likeness (QED) is 0.625. The normalized spacial score (nSPS) is 8.94. The number of rotatable bonds is 2. The Hall–Kier alpha value is -1.57. The molecule has 0 aliphatic heterocycles. The standard InChI is InChI=1S/C12H15OSi.C2H4O2/c1-3-14(10-4-9-13)12-7-5-11(2)6-8-12;1-2(3)4/h5-8,13H,3,9H2,1-2H3;1H3,(H,3,4). The average Bonchev–Trinajstić information content (AvgIpc) is 2.31. The molecular weight excluding hydrogens is 244 g/mol. The fraction of sp³-hybridized carbons (Fsp3) is 0.357. The minimum absolute atomic E-state index is 0.0277. The lowest BCUT2D eigenvalue weighted by Crippen LogP contribution is -2.27. The molecule has 0 unspecified atom stereocenters. The lowest BCUT2D eigenvalue weighted by Gasteiger charge is -2.05. The Labute approximate surface area is 110 Å². The Morgan fingerprint density at radius 3 is 2.22 bits per heavy atom. The molecular formula is C14H19O3Si. The second-order valence-corrected chi connectivity index (χ2v) is 6.17. The predicted octanol–water partition coefficient (Wildman–Crippen LogP) is 1.34. The molecule has 97 valence electrons. The summed E-state index contributed by atoms with van der Waals surface area (Å²) in [5.74, 6) is 1.93. The van der Waals surface area contributed by atoms with Gasteiger partial charge in [0.05, 0.1) is 0 Å². The minimum Gasteiger partial charge on any atom is -0.481 e. The van der Waals surface area contributed by atoms with Crippen molar-refractivity contribution in [2.75, 3.05) is 6.61 Å². The third-order valence-corrected chi connectivity index (χ3v) is 4.29. The van der Waals surface area contributed by atoms with Crippen LogP contribution in [0.5, 0.6) is 0 Å². The van der Waals surface area contributed by atoms with Crippen LogP contribution in [-0.4, -0.2) is 31.6 Å². The highest BCUT2D eigenvalue weighted by Gasteiger charge is 2.07. The van der Waals surface area contributed by atoms with E-state index in [9.17, 15) is 0 Å². The summed E-state index contributed by atoms with van der Waals surface area (Å²) in [6, 6.07) is 9.63. The molecule has 0 aliphatic carbocycles. The van der Waals surface area contributed by atoms with Gasteiger partial charge in [0.25, 0.3) is 5.97 Å². The molecule has 0 saturated carbocycles. The van der Waals surface area contributed by atoms with Gasteiger partial charge in [-0.2, -0.15) is 0 Å². The van der Waals surface area contributed by atoms with Gasteiger partial charge in [-0.3, -0.25) is 4.79 Å². The van der Waals surface area contributed by atoms with Gasteiger partial charge in [0.2, 0.25) is 0 Å². The largest absolute Gasteiger partial charge is 0.481 e. The summed E-state index contributed by atoms with van der Waals surface area (Å²) < 4.78 is 0. The van der Waals surface area contributed by atoms with Crippen molar-refractivity contribution in [3.05, 3.63) is 29.8 Å². The first-order valence-corrected chi connectivity index (χ1v) is 7.44. The van der Waals surface area contributed by atoms with Crippen LogP contribution >= 0.6 is 0 Å². The molecule has 1 aromatic carbocycles. The van der Waals surface area contributed by atoms with Crippen LogP contribution < -0.4 is 5.19 Å². The number of carboxylic acids is 1. The van der Waals surface area contributed by atoms with Gasteiger partial charge in [0.1, 0.15) is 6.61 Å². The third kappa shape index (κ3) is 7.66. The van der Waals surface area contributed by atoms with Gasteiger partial charge in [-0.1, -0.05) is 42.7 Å². The van der Waals surface area contributed by atoms with Gasteiger partial charge in [0.15, 0.2) is 8.80 Å². The Balaban J connectivity index is 0.000000631. The Morgan fingerprint density at radius 1 is 1.33 bits per heavy atom. The summed E-state index contributed by atoms with van der Waals surface area (Å²) in [5, 5.41) is 17.4. The van der Waals surface area contributed by atoms with Crippen LogP contribution in [0, 0.1) is 18.4 Å². The molecule has 4 heteroatoms. The maximum absolute atomic E-state index is 9.00. The fourth-order valence-corrected chi connectivity index (χ4v) is 2.86. The van der Waals surface area contributed by atoms with E-state index in [0.29, 0.717) is 0 Å². The molecule has 0 aromatic heterocycles. The number of aliphatic carboxylic acids is 1. The topological polar surface area (TPSA) is 57.5 Å². The lowest BCUT2D eigenvalue weighted by molar-refractivity contribution is -0.134. The first kappa shape index (κ1) is 16.4. The number of carbonyl (C=O) groups is 1. The van der Waals surface area contributed by atoms with E-state index in [1.165, 1.54) is 10.8 Å². The number of hydrogen-bond donors (Lipinski definition) is 2. The van der Waals surface area contributed by atoms with Crippen molar-refractivity contribution in [2.45, 2.75) is 26.8 Å². The molecule has 2 N–H and O–H groups in total. The molecule has 18 heavy (non-hydrogen) atoms. The fourth-order valence-electron chi connectivity index (χ4n) is 1.27. The third-order valence-electron chi connectivity index (χ3n) is 2.07. The van der Waals surface area contributed by atoms with E-state index < -0.39 is 14.8 Å². The molecule has 0 bridgehead atoms. The Morgan fingerprint density at radius 2 is 1.83 bits per heavy atom. The molecule has 1 radical (unpaired) electrons. The van der Waals surface area contributed by atoms with Crippen molar-refractivity contribution in [3.8, 4) is 11.5 Å². The maximum atomic E-state index is 9.00. The molecule has 0 saturated heterocycles. The molecule has 1 aromatic rings. The van der Waals surface area contributed by atoms with E-state index in [-0.39, 0.29) is 6.61 Å². The first-order chi connectivity index (χ1) is 8.51. The van der Waals surface area contributed by atoms with Crippen molar-refractivity contribution in [1.29, 1.82) is 0 Å². The monoisotopic (exact) mass is 263 g/mol. The number of aliphatic hydroxyl groups is 1. The molecule has 0 heterocycles. The van der Waals surface area contributed by atoms with Gasteiger partial charge >= 0.3 is 0 Å². The van der Waals surface area contributed by atoms with Crippen molar-refractivity contribution in [3.63, 3.8) is 0 Å². The molecule has 0 atom stereocenters. The van der Waals surface area contributed by atoms with Gasteiger partial charge in [-0.25, -0.2) is 0 Å². The zero-order valence-corrected chi connectivity index (χ0v) is 12.0. The van der Waals surface area contributed by atoms with E-state index in [4.69, 9.17) is 15.0 Å². The van der Waals surface area contributed by atoms with Crippen molar-refractivity contribution in [2.24, 2.45) is 0 Å². The van der Waals surface area contributed by atoms with Gasteiger partial charge in [0, 0.05) is 6.92 Å². The zero-order chi connectivity index (χ0) is 14.0. The van der Waals surface area contributed by atoms with Crippen molar-refractivity contribution in [1.82, 2.24) is 0 Å². The van der Waals surface area contributed by atoms with E-state index in [2.05, 4.69) is 49.6 Å². The summed E-state index contributed by atoms with van der Waals surface area (Å²) >= 11 is 0. The highest BCUT2D eigenvalue weighted by molar-refractivity contribution is 6.80. The van der Waals surface area contributed by atoms with Crippen LogP contribution in [0.1, 0.15) is 19.4 Å². The summed E-state index contributed by atoms with van der Waals surface area (Å²) in [4.78, 5) is 9.00.